The lowest BCUT2D eigenvalue weighted by Gasteiger charge is -2.31. The molecule has 2 fully saturated rings. The van der Waals surface area contributed by atoms with Crippen molar-refractivity contribution in [2.24, 2.45) is 11.3 Å². The fourth-order valence-corrected chi connectivity index (χ4v) is 6.72. The number of para-hydroxylation sites is 3. The van der Waals surface area contributed by atoms with E-state index in [-0.39, 0.29) is 23.3 Å². The minimum atomic E-state index is -0.339. The number of nitrogens with zero attached hydrogens (tertiary/aromatic N) is 3. The van der Waals surface area contributed by atoms with Gasteiger partial charge >= 0.3 is 0 Å². The van der Waals surface area contributed by atoms with E-state index in [4.69, 9.17) is 14.7 Å². The second-order valence-electron chi connectivity index (χ2n) is 11.8. The summed E-state index contributed by atoms with van der Waals surface area (Å²) >= 11 is 0. The molecule has 1 atom stereocenters. The van der Waals surface area contributed by atoms with Gasteiger partial charge in [-0.3, -0.25) is 4.79 Å². The summed E-state index contributed by atoms with van der Waals surface area (Å²) in [7, 11) is 4.03. The van der Waals surface area contributed by atoms with Gasteiger partial charge in [0.05, 0.1) is 11.4 Å². The Morgan fingerprint density at radius 2 is 1.57 bits per heavy atom. The second-order valence-corrected chi connectivity index (χ2v) is 11.8. The summed E-state index contributed by atoms with van der Waals surface area (Å²) in [6.07, 6.45) is 5.66. The third kappa shape index (κ3) is 4.43. The molecule has 7 heteroatoms. The van der Waals surface area contributed by atoms with Crippen LogP contribution in [0, 0.1) is 11.3 Å². The van der Waals surface area contributed by atoms with Crippen molar-refractivity contribution in [1.29, 1.82) is 0 Å². The van der Waals surface area contributed by atoms with Crippen LogP contribution >= 0.6 is 0 Å². The largest absolute Gasteiger partial charge is 0.457 e. The van der Waals surface area contributed by atoms with Crippen LogP contribution in [0.3, 0.4) is 0 Å². The third-order valence-electron chi connectivity index (χ3n) is 9.10. The lowest BCUT2D eigenvalue weighted by atomic mass is 9.79. The summed E-state index contributed by atoms with van der Waals surface area (Å²) < 4.78 is 6.10. The number of ether oxygens (including phenoxy) is 1. The predicted molar refractivity (Wildman–Crippen MR) is 158 cm³/mol. The van der Waals surface area contributed by atoms with Crippen molar-refractivity contribution >= 4 is 28.6 Å². The van der Waals surface area contributed by atoms with Crippen molar-refractivity contribution in [3.05, 3.63) is 83.9 Å². The zero-order chi connectivity index (χ0) is 27.3. The lowest BCUT2D eigenvalue weighted by Crippen LogP contribution is -2.36. The highest BCUT2D eigenvalue weighted by Crippen LogP contribution is 2.57. The molecular weight excluding hydrogens is 498 g/mol. The number of anilines is 2. The summed E-state index contributed by atoms with van der Waals surface area (Å²) in [6, 6.07) is 24.2. The van der Waals surface area contributed by atoms with Crippen LogP contribution in [-0.4, -0.2) is 42.6 Å². The summed E-state index contributed by atoms with van der Waals surface area (Å²) in [5, 5.41) is 8.02. The van der Waals surface area contributed by atoms with Gasteiger partial charge in [0.1, 0.15) is 17.3 Å². The van der Waals surface area contributed by atoms with E-state index in [1.807, 2.05) is 85.7 Å². The van der Waals surface area contributed by atoms with Crippen LogP contribution < -0.4 is 20.3 Å². The van der Waals surface area contributed by atoms with E-state index in [0.717, 1.165) is 78.0 Å². The average Bonchev–Trinajstić information content (AvgIpc) is 3.64. The third-order valence-corrected chi connectivity index (χ3v) is 9.10. The van der Waals surface area contributed by atoms with Gasteiger partial charge < -0.3 is 20.3 Å². The quantitative estimate of drug-likeness (QED) is 0.311. The number of hydrogen-bond donors (Lipinski definition) is 2. The number of nitrogens with one attached hydrogen (secondary N) is 2. The summed E-state index contributed by atoms with van der Waals surface area (Å²) in [4.78, 5) is 25.3. The smallest absolute Gasteiger partial charge is 0.232 e. The summed E-state index contributed by atoms with van der Waals surface area (Å²) in [5.74, 6) is 3.49. The molecule has 0 radical (unpaired) electrons. The molecule has 2 heterocycles. The summed E-state index contributed by atoms with van der Waals surface area (Å²) in [6.45, 7) is 0.869. The second kappa shape index (κ2) is 9.81. The molecule has 3 aromatic carbocycles. The van der Waals surface area contributed by atoms with E-state index >= 15 is 0 Å². The van der Waals surface area contributed by atoms with Crippen molar-refractivity contribution in [2.75, 3.05) is 30.9 Å². The van der Waals surface area contributed by atoms with Gasteiger partial charge in [0.25, 0.3) is 0 Å². The van der Waals surface area contributed by atoms with Gasteiger partial charge in [-0.05, 0) is 67.7 Å². The van der Waals surface area contributed by atoms with Crippen LogP contribution in [0.2, 0.25) is 0 Å². The summed E-state index contributed by atoms with van der Waals surface area (Å²) in [5.41, 5.74) is 3.08. The van der Waals surface area contributed by atoms with Crippen molar-refractivity contribution < 1.29 is 9.53 Å². The Bertz CT molecular complexity index is 1530. The van der Waals surface area contributed by atoms with Crippen LogP contribution in [0.5, 0.6) is 11.5 Å². The highest BCUT2D eigenvalue weighted by Gasteiger charge is 2.56. The predicted octanol–water partition coefficient (Wildman–Crippen LogP) is 6.11. The van der Waals surface area contributed by atoms with E-state index in [2.05, 4.69) is 16.7 Å². The van der Waals surface area contributed by atoms with E-state index in [1.165, 1.54) is 0 Å². The standard InChI is InChI=1S/C33H35N5O2/c1-38(2)30-22-9-3-6-12-25(22)35-32(37-30)34-20-21-15-17-33(18-16-21)19-28(33)36-31(39)29-23-10-4-7-13-26(23)40-27-14-8-5-11-24(27)29/h3-14,21,28-29H,15-20H2,1-2H3,(H,36,39)(H,34,35,37)/t21?,28-,33?/m1/s1. The Kier molecular flexibility index (Phi) is 6.10. The number of fused-ring (bicyclic) bond motifs is 3. The van der Waals surface area contributed by atoms with E-state index in [0.29, 0.717) is 11.9 Å². The number of carbonyl (C=O) groups excluding carboxylic acids is 1. The first-order chi connectivity index (χ1) is 19.5. The maximum absolute atomic E-state index is 13.7. The highest BCUT2D eigenvalue weighted by atomic mass is 16.5. The fourth-order valence-electron chi connectivity index (χ4n) is 6.72. The minimum Gasteiger partial charge on any atom is -0.457 e. The molecule has 40 heavy (non-hydrogen) atoms. The van der Waals surface area contributed by atoms with E-state index in [1.54, 1.807) is 0 Å². The number of rotatable bonds is 6. The first-order valence-corrected chi connectivity index (χ1v) is 14.3. The van der Waals surface area contributed by atoms with Crippen LogP contribution in [0.15, 0.2) is 72.8 Å². The Morgan fingerprint density at radius 1 is 0.925 bits per heavy atom. The van der Waals surface area contributed by atoms with Gasteiger partial charge in [0, 0.05) is 43.2 Å². The zero-order valence-corrected chi connectivity index (χ0v) is 23.1. The van der Waals surface area contributed by atoms with Gasteiger partial charge in [0.15, 0.2) is 0 Å². The maximum Gasteiger partial charge on any atom is 0.232 e. The van der Waals surface area contributed by atoms with Crippen LogP contribution in [0.1, 0.15) is 49.1 Å². The van der Waals surface area contributed by atoms with Gasteiger partial charge in [-0.15, -0.1) is 0 Å². The number of aromatic nitrogens is 2. The molecule has 1 aliphatic heterocycles. The molecule has 7 nitrogen and oxygen atoms in total. The molecule has 7 rings (SSSR count). The van der Waals surface area contributed by atoms with Crippen LogP contribution in [0.4, 0.5) is 11.8 Å². The first kappa shape index (κ1) is 24.9. The van der Waals surface area contributed by atoms with Crippen molar-refractivity contribution in [3.8, 4) is 11.5 Å². The molecule has 2 N–H and O–H groups in total. The van der Waals surface area contributed by atoms with Gasteiger partial charge in [-0.2, -0.15) is 4.98 Å². The number of amides is 1. The molecule has 1 aromatic heterocycles. The molecule has 3 aliphatic rings. The maximum atomic E-state index is 13.7. The number of benzene rings is 3. The molecular formula is C33H35N5O2. The first-order valence-electron chi connectivity index (χ1n) is 14.3. The van der Waals surface area contributed by atoms with Gasteiger partial charge in [0.2, 0.25) is 11.9 Å². The fraction of sp³-hybridized carbons (Fsp3) is 0.364. The lowest BCUT2D eigenvalue weighted by molar-refractivity contribution is -0.122. The van der Waals surface area contributed by atoms with E-state index < -0.39 is 0 Å². The zero-order valence-electron chi connectivity index (χ0n) is 23.1. The molecule has 0 saturated heterocycles. The number of hydrogen-bond acceptors (Lipinski definition) is 6. The molecule has 2 saturated carbocycles. The molecule has 2 aliphatic carbocycles. The van der Waals surface area contributed by atoms with Gasteiger partial charge in [-0.25, -0.2) is 4.98 Å². The van der Waals surface area contributed by atoms with Crippen LogP contribution in [-0.2, 0) is 4.79 Å². The monoisotopic (exact) mass is 533 g/mol. The topological polar surface area (TPSA) is 79.4 Å². The molecule has 1 amide bonds. The normalized spacial score (nSPS) is 23.1. The Labute approximate surface area is 235 Å². The SMILES string of the molecule is CN(C)c1nc(NCC2CCC3(CC2)C[C@H]3NC(=O)C2c3ccccc3Oc3ccccc32)nc2ccccc12. The van der Waals surface area contributed by atoms with Crippen molar-refractivity contribution in [3.63, 3.8) is 0 Å². The highest BCUT2D eigenvalue weighted by molar-refractivity contribution is 5.91. The average molecular weight is 534 g/mol. The molecule has 0 unspecified atom stereocenters. The van der Waals surface area contributed by atoms with Crippen molar-refractivity contribution in [2.45, 2.75) is 44.1 Å². The van der Waals surface area contributed by atoms with Crippen molar-refractivity contribution in [1.82, 2.24) is 15.3 Å². The molecule has 204 valence electrons. The number of carbonyl (C=O) groups is 1. The molecule has 4 aromatic rings. The Hall–Kier alpha value is -4.13. The molecule has 1 spiro atoms. The minimum absolute atomic E-state index is 0.0824. The van der Waals surface area contributed by atoms with Crippen LogP contribution in [0.25, 0.3) is 10.9 Å². The van der Waals surface area contributed by atoms with Gasteiger partial charge in [-0.1, -0.05) is 48.5 Å². The Morgan fingerprint density at radius 3 is 2.27 bits per heavy atom. The molecule has 0 bridgehead atoms. The van der Waals surface area contributed by atoms with E-state index in [9.17, 15) is 4.79 Å². The Balaban J connectivity index is 0.978.